The second-order valence-electron chi connectivity index (χ2n) is 3.63. The monoisotopic (exact) mass is 241 g/mol. The zero-order valence-corrected chi connectivity index (χ0v) is 9.45. The van der Waals surface area contributed by atoms with E-state index in [1.54, 1.807) is 36.4 Å². The van der Waals surface area contributed by atoms with Crippen molar-refractivity contribution in [1.29, 1.82) is 0 Å². The van der Waals surface area contributed by atoms with Crippen LogP contribution in [0.4, 0.5) is 11.4 Å². The van der Waals surface area contributed by atoms with Crippen molar-refractivity contribution < 1.29 is 9.90 Å². The Morgan fingerprint density at radius 1 is 0.889 bits per heavy atom. The summed E-state index contributed by atoms with van der Waals surface area (Å²) in [7, 11) is 0. The minimum absolute atomic E-state index is 0.180. The number of carbonyl (C=O) groups excluding carboxylic acids is 1. The van der Waals surface area contributed by atoms with Gasteiger partial charge < -0.3 is 10.8 Å². The number of nitrogens with two attached hydrogens (primary N) is 1. The first-order valence-corrected chi connectivity index (χ1v) is 5.26. The molecule has 0 radical (unpaired) electrons. The van der Waals surface area contributed by atoms with Crippen LogP contribution >= 0.6 is 0 Å². The van der Waals surface area contributed by atoms with Gasteiger partial charge in [-0.15, -0.1) is 0 Å². The summed E-state index contributed by atoms with van der Waals surface area (Å²) in [6.07, 6.45) is 0. The van der Waals surface area contributed by atoms with Crippen LogP contribution in [0.25, 0.3) is 0 Å². The quantitative estimate of drug-likeness (QED) is 0.809. The van der Waals surface area contributed by atoms with E-state index >= 15 is 0 Å². The Bertz CT molecular complexity index is 574. The van der Waals surface area contributed by atoms with Crippen molar-refractivity contribution in [3.63, 3.8) is 0 Å². The van der Waals surface area contributed by atoms with Gasteiger partial charge in [-0.25, -0.2) is 0 Å². The number of phenols is 1. The van der Waals surface area contributed by atoms with Crippen LogP contribution < -0.4 is 5.73 Å². The van der Waals surface area contributed by atoms with Crippen molar-refractivity contribution in [3.8, 4) is 5.75 Å². The molecule has 0 atom stereocenters. The second kappa shape index (κ2) is 5.09. The van der Waals surface area contributed by atoms with E-state index in [4.69, 9.17) is 10.8 Å². The van der Waals surface area contributed by atoms with E-state index in [-0.39, 0.29) is 5.75 Å². The van der Waals surface area contributed by atoms with Crippen LogP contribution in [0.1, 0.15) is 10.4 Å². The summed E-state index contributed by atoms with van der Waals surface area (Å²) >= 11 is 0. The van der Waals surface area contributed by atoms with E-state index in [1.165, 1.54) is 12.1 Å². The van der Waals surface area contributed by atoms with Crippen molar-refractivity contribution in [1.82, 2.24) is 0 Å². The number of primary amides is 1. The average Bonchev–Trinajstić information content (AvgIpc) is 2.38. The van der Waals surface area contributed by atoms with Crippen LogP contribution in [-0.4, -0.2) is 11.0 Å². The smallest absolute Gasteiger partial charge is 0.248 e. The highest BCUT2D eigenvalue weighted by molar-refractivity contribution is 5.92. The molecule has 0 bridgehead atoms. The Balaban J connectivity index is 2.13. The van der Waals surface area contributed by atoms with Crippen LogP contribution in [0, 0.1) is 0 Å². The number of amides is 1. The van der Waals surface area contributed by atoms with Gasteiger partial charge in [-0.05, 0) is 48.5 Å². The van der Waals surface area contributed by atoms with Gasteiger partial charge >= 0.3 is 0 Å². The van der Waals surface area contributed by atoms with Gasteiger partial charge in [0.1, 0.15) is 5.75 Å². The predicted molar refractivity (Wildman–Crippen MR) is 67.2 cm³/mol. The molecule has 0 fully saturated rings. The molecule has 0 aliphatic carbocycles. The third-order valence-electron chi connectivity index (χ3n) is 2.28. The molecule has 2 aromatic rings. The molecule has 0 heterocycles. The summed E-state index contributed by atoms with van der Waals surface area (Å²) in [6, 6.07) is 12.9. The third kappa shape index (κ3) is 2.91. The van der Waals surface area contributed by atoms with Gasteiger partial charge in [0.25, 0.3) is 0 Å². The largest absolute Gasteiger partial charge is 0.508 e. The molecule has 0 spiro atoms. The summed E-state index contributed by atoms with van der Waals surface area (Å²) in [5.74, 6) is -0.295. The predicted octanol–water partition coefficient (Wildman–Crippen LogP) is 2.91. The Labute approximate surface area is 104 Å². The van der Waals surface area contributed by atoms with Crippen LogP contribution in [0.15, 0.2) is 58.8 Å². The highest BCUT2D eigenvalue weighted by Crippen LogP contribution is 2.20. The average molecular weight is 241 g/mol. The summed E-state index contributed by atoms with van der Waals surface area (Å²) < 4.78 is 0. The number of hydrogen-bond donors (Lipinski definition) is 2. The van der Waals surface area contributed by atoms with Crippen LogP contribution in [0.2, 0.25) is 0 Å². The number of azo groups is 1. The lowest BCUT2D eigenvalue weighted by Crippen LogP contribution is -2.10. The van der Waals surface area contributed by atoms with Crippen molar-refractivity contribution in [2.24, 2.45) is 16.0 Å². The van der Waals surface area contributed by atoms with E-state index in [9.17, 15) is 4.79 Å². The lowest BCUT2D eigenvalue weighted by molar-refractivity contribution is 0.100. The highest BCUT2D eigenvalue weighted by atomic mass is 16.3. The number of aromatic hydroxyl groups is 1. The molecule has 0 aliphatic rings. The number of phenolic OH excluding ortho intramolecular Hbond substituents is 1. The molecular weight excluding hydrogens is 230 g/mol. The third-order valence-corrected chi connectivity index (χ3v) is 2.28. The highest BCUT2D eigenvalue weighted by Gasteiger charge is 1.98. The first-order valence-electron chi connectivity index (χ1n) is 5.26. The molecule has 1 amide bonds. The fourth-order valence-electron chi connectivity index (χ4n) is 1.33. The number of rotatable bonds is 3. The molecule has 0 unspecified atom stereocenters. The maximum absolute atomic E-state index is 10.9. The van der Waals surface area contributed by atoms with E-state index in [2.05, 4.69) is 10.2 Å². The zero-order chi connectivity index (χ0) is 13.0. The summed E-state index contributed by atoms with van der Waals surface area (Å²) in [4.78, 5) is 10.9. The van der Waals surface area contributed by atoms with Crippen LogP contribution in [0.5, 0.6) is 5.75 Å². The van der Waals surface area contributed by atoms with E-state index in [0.29, 0.717) is 16.9 Å². The maximum Gasteiger partial charge on any atom is 0.248 e. The van der Waals surface area contributed by atoms with Gasteiger partial charge in [-0.1, -0.05) is 0 Å². The Morgan fingerprint density at radius 2 is 1.33 bits per heavy atom. The molecule has 5 nitrogen and oxygen atoms in total. The van der Waals surface area contributed by atoms with E-state index in [0.717, 1.165) is 0 Å². The van der Waals surface area contributed by atoms with Crippen molar-refractivity contribution in [2.45, 2.75) is 0 Å². The molecule has 0 saturated heterocycles. The second-order valence-corrected chi connectivity index (χ2v) is 3.63. The van der Waals surface area contributed by atoms with Crippen molar-refractivity contribution in [2.75, 3.05) is 0 Å². The van der Waals surface area contributed by atoms with E-state index < -0.39 is 5.91 Å². The zero-order valence-electron chi connectivity index (χ0n) is 9.45. The minimum atomic E-state index is -0.475. The van der Waals surface area contributed by atoms with Crippen molar-refractivity contribution in [3.05, 3.63) is 54.1 Å². The summed E-state index contributed by atoms with van der Waals surface area (Å²) in [5, 5.41) is 17.1. The van der Waals surface area contributed by atoms with Gasteiger partial charge in [0.15, 0.2) is 0 Å². The molecule has 0 aliphatic heterocycles. The Kier molecular flexibility index (Phi) is 3.33. The van der Waals surface area contributed by atoms with Crippen LogP contribution in [-0.2, 0) is 0 Å². The molecule has 0 saturated carbocycles. The molecule has 2 rings (SSSR count). The number of nitrogens with zero attached hydrogens (tertiary/aromatic N) is 2. The van der Waals surface area contributed by atoms with Gasteiger partial charge in [-0.2, -0.15) is 10.2 Å². The SMILES string of the molecule is NC(=O)c1ccc(N=Nc2ccc(O)cc2)cc1. The molecule has 5 heteroatoms. The minimum Gasteiger partial charge on any atom is -0.508 e. The Hall–Kier alpha value is -2.69. The number of benzene rings is 2. The number of hydrogen-bond acceptors (Lipinski definition) is 4. The first-order chi connectivity index (χ1) is 8.65. The normalized spacial score (nSPS) is 10.7. The van der Waals surface area contributed by atoms with Gasteiger partial charge in [0.2, 0.25) is 5.91 Å². The fraction of sp³-hybridized carbons (Fsp3) is 0. The number of carbonyl (C=O) groups is 1. The standard InChI is InChI=1S/C13H11N3O2/c14-13(18)9-1-3-10(4-2-9)15-16-11-5-7-12(17)8-6-11/h1-8,17H,(H2,14,18). The molecular formula is C13H11N3O2. The fourth-order valence-corrected chi connectivity index (χ4v) is 1.33. The molecule has 90 valence electrons. The molecule has 18 heavy (non-hydrogen) atoms. The first kappa shape index (κ1) is 11.8. The van der Waals surface area contributed by atoms with Gasteiger partial charge in [0, 0.05) is 5.56 Å². The van der Waals surface area contributed by atoms with Gasteiger partial charge in [-0.3, -0.25) is 4.79 Å². The molecule has 0 aromatic heterocycles. The van der Waals surface area contributed by atoms with Crippen molar-refractivity contribution >= 4 is 17.3 Å². The summed E-state index contributed by atoms with van der Waals surface area (Å²) in [5.41, 5.74) is 6.81. The molecule has 2 aromatic carbocycles. The van der Waals surface area contributed by atoms with Crippen LogP contribution in [0.3, 0.4) is 0 Å². The maximum atomic E-state index is 10.9. The summed E-state index contributed by atoms with van der Waals surface area (Å²) in [6.45, 7) is 0. The topological polar surface area (TPSA) is 88.0 Å². The lowest BCUT2D eigenvalue weighted by atomic mass is 10.2. The van der Waals surface area contributed by atoms with Gasteiger partial charge in [0.05, 0.1) is 11.4 Å². The van der Waals surface area contributed by atoms with E-state index in [1.807, 2.05) is 0 Å². The Morgan fingerprint density at radius 3 is 1.78 bits per heavy atom. The lowest BCUT2D eigenvalue weighted by Gasteiger charge is -1.96. The molecule has 3 N–H and O–H groups in total.